The third kappa shape index (κ3) is 9.27. The molecule has 3 heterocycles. The fourth-order valence-corrected chi connectivity index (χ4v) is 9.60. The lowest BCUT2D eigenvalue weighted by Crippen LogP contribution is -2.58. The summed E-state index contributed by atoms with van der Waals surface area (Å²) in [6.45, 7) is 0.681. The van der Waals surface area contributed by atoms with Gasteiger partial charge in [-0.3, -0.25) is 14.4 Å². The van der Waals surface area contributed by atoms with Gasteiger partial charge in [-0.05, 0) is 93.2 Å². The van der Waals surface area contributed by atoms with Crippen molar-refractivity contribution in [1.82, 2.24) is 25.2 Å². The average Bonchev–Trinajstić information content (AvgIpc) is 3.46. The standard InChI is InChI=1S/C42H54N6O9S/c1-46(2)31-18-20-34(21-19-31)58(54,55)45-39(51)42-25-30(42)14-6-4-3-5-7-17-35(43-40(52)56-32-15-10-11-16-32)38(50)48-27-33(24-36(48)37(49)44-42)57-41(53)47-23-22-28-12-8-9-13-29(28)26-47/h6,8-9,12-14,18-21,30,32-33,35-36H,3-5,7,10-11,15-17,22-27H2,1-2H3,(H,43,52)(H,44,49)(H,45,51)/b14-6-/t30-,33-,35+,36+,42-/m1/s1. The van der Waals surface area contributed by atoms with E-state index in [9.17, 15) is 32.4 Å². The Kier molecular flexibility index (Phi) is 12.3. The number of nitrogens with zero attached hydrogens (tertiary/aromatic N) is 3. The highest BCUT2D eigenvalue weighted by molar-refractivity contribution is 7.90. The Balaban J connectivity index is 1.13. The molecule has 0 spiro atoms. The molecule has 3 fully saturated rings. The molecule has 1 saturated heterocycles. The Hall–Kier alpha value is -5.12. The summed E-state index contributed by atoms with van der Waals surface area (Å²) in [5, 5.41) is 5.63. The Bertz CT molecular complexity index is 2020. The van der Waals surface area contributed by atoms with E-state index in [1.165, 1.54) is 17.0 Å². The first-order valence-corrected chi connectivity index (χ1v) is 21.9. The van der Waals surface area contributed by atoms with Crippen LogP contribution in [0.15, 0.2) is 65.6 Å². The van der Waals surface area contributed by atoms with Crippen LogP contribution in [-0.2, 0) is 46.8 Å². The van der Waals surface area contributed by atoms with Crippen LogP contribution in [0.25, 0.3) is 0 Å². The minimum atomic E-state index is -4.32. The Morgan fingerprint density at radius 3 is 2.36 bits per heavy atom. The molecule has 2 aliphatic carbocycles. The molecular formula is C42H54N6O9S. The predicted octanol–water partition coefficient (Wildman–Crippen LogP) is 4.15. The zero-order valence-corrected chi connectivity index (χ0v) is 34.0. The minimum absolute atomic E-state index is 0.0677. The van der Waals surface area contributed by atoms with Crippen LogP contribution in [-0.4, -0.2) is 105 Å². The van der Waals surface area contributed by atoms with E-state index < -0.39 is 69.6 Å². The van der Waals surface area contributed by atoms with E-state index >= 15 is 0 Å². The minimum Gasteiger partial charge on any atom is -0.446 e. The zero-order valence-electron chi connectivity index (χ0n) is 33.2. The first-order chi connectivity index (χ1) is 27.8. The molecule has 2 saturated carbocycles. The smallest absolute Gasteiger partial charge is 0.410 e. The van der Waals surface area contributed by atoms with Crippen molar-refractivity contribution >= 4 is 45.6 Å². The topological polar surface area (TPSA) is 184 Å². The number of rotatable bonds is 7. The Morgan fingerprint density at radius 2 is 1.62 bits per heavy atom. The molecule has 312 valence electrons. The quantitative estimate of drug-likeness (QED) is 0.343. The third-order valence-corrected chi connectivity index (χ3v) is 13.4. The number of amides is 5. The first-order valence-electron chi connectivity index (χ1n) is 20.5. The molecule has 7 rings (SSSR count). The van der Waals surface area contributed by atoms with E-state index in [1.807, 2.05) is 55.4 Å². The maximum Gasteiger partial charge on any atom is 0.410 e. The lowest BCUT2D eigenvalue weighted by atomic mass is 10.0. The van der Waals surface area contributed by atoms with Gasteiger partial charge in [-0.15, -0.1) is 0 Å². The van der Waals surface area contributed by atoms with Crippen molar-refractivity contribution in [2.45, 2.75) is 118 Å². The van der Waals surface area contributed by atoms with Crippen LogP contribution in [0.1, 0.15) is 81.8 Å². The van der Waals surface area contributed by atoms with Gasteiger partial charge >= 0.3 is 12.2 Å². The van der Waals surface area contributed by atoms with Gasteiger partial charge in [-0.2, -0.15) is 0 Å². The van der Waals surface area contributed by atoms with Crippen molar-refractivity contribution in [2.24, 2.45) is 5.92 Å². The molecule has 15 nitrogen and oxygen atoms in total. The zero-order chi connectivity index (χ0) is 41.0. The van der Waals surface area contributed by atoms with Gasteiger partial charge in [0.2, 0.25) is 11.8 Å². The van der Waals surface area contributed by atoms with Crippen molar-refractivity contribution in [1.29, 1.82) is 0 Å². The highest BCUT2D eigenvalue weighted by atomic mass is 32.2. The summed E-state index contributed by atoms with van der Waals surface area (Å²) in [5.74, 6) is -2.62. The van der Waals surface area contributed by atoms with Crippen LogP contribution in [0, 0.1) is 5.92 Å². The van der Waals surface area contributed by atoms with Crippen LogP contribution in [0.2, 0.25) is 0 Å². The van der Waals surface area contributed by atoms with Gasteiger partial charge in [0.1, 0.15) is 29.8 Å². The van der Waals surface area contributed by atoms with Crippen molar-refractivity contribution in [3.63, 3.8) is 0 Å². The van der Waals surface area contributed by atoms with Gasteiger partial charge < -0.3 is 34.8 Å². The van der Waals surface area contributed by atoms with E-state index in [2.05, 4.69) is 15.4 Å². The van der Waals surface area contributed by atoms with Crippen molar-refractivity contribution < 1.29 is 41.9 Å². The third-order valence-electron chi connectivity index (χ3n) is 12.1. The molecular weight excluding hydrogens is 765 g/mol. The Morgan fingerprint density at radius 1 is 0.897 bits per heavy atom. The molecule has 2 aromatic carbocycles. The average molecular weight is 819 g/mol. The normalized spacial score (nSPS) is 27.1. The number of ether oxygens (including phenoxy) is 2. The number of hydrogen-bond donors (Lipinski definition) is 3. The van der Waals surface area contributed by atoms with E-state index in [0.717, 1.165) is 55.3 Å². The summed E-state index contributed by atoms with van der Waals surface area (Å²) in [6.07, 6.45) is 8.63. The lowest BCUT2D eigenvalue weighted by Gasteiger charge is -2.30. The highest BCUT2D eigenvalue weighted by Crippen LogP contribution is 2.46. The number of benzene rings is 2. The number of anilines is 1. The summed E-state index contributed by atoms with van der Waals surface area (Å²) in [4.78, 5) is 74.3. The molecule has 5 aliphatic rings. The van der Waals surface area contributed by atoms with Gasteiger partial charge in [0.05, 0.1) is 11.4 Å². The molecule has 16 heteroatoms. The first kappa shape index (κ1) is 41.1. The van der Waals surface area contributed by atoms with Crippen molar-refractivity contribution in [3.05, 3.63) is 71.8 Å². The Labute approximate surface area is 339 Å². The van der Waals surface area contributed by atoms with E-state index in [4.69, 9.17) is 9.47 Å². The number of fused-ring (bicyclic) bond motifs is 3. The fourth-order valence-electron chi connectivity index (χ4n) is 8.56. The molecule has 2 aromatic rings. The molecule has 3 N–H and O–H groups in total. The fraction of sp³-hybridized carbons (Fsp3) is 0.548. The largest absolute Gasteiger partial charge is 0.446 e. The number of nitrogens with one attached hydrogen (secondary N) is 3. The van der Waals surface area contributed by atoms with E-state index in [0.29, 0.717) is 38.8 Å². The second-order valence-electron chi connectivity index (χ2n) is 16.4. The van der Waals surface area contributed by atoms with Crippen LogP contribution < -0.4 is 20.3 Å². The van der Waals surface area contributed by atoms with E-state index in [-0.39, 0.29) is 30.4 Å². The second-order valence-corrected chi connectivity index (χ2v) is 18.0. The van der Waals surface area contributed by atoms with Gasteiger partial charge in [-0.25, -0.2) is 22.7 Å². The predicted molar refractivity (Wildman–Crippen MR) is 214 cm³/mol. The van der Waals surface area contributed by atoms with Crippen LogP contribution in [0.3, 0.4) is 0 Å². The van der Waals surface area contributed by atoms with Gasteiger partial charge in [0, 0.05) is 45.2 Å². The maximum atomic E-state index is 14.5. The number of carbonyl (C=O) groups is 5. The molecule has 0 radical (unpaired) electrons. The van der Waals surface area contributed by atoms with Crippen LogP contribution in [0.5, 0.6) is 0 Å². The lowest BCUT2D eigenvalue weighted by molar-refractivity contribution is -0.141. The number of hydrogen-bond acceptors (Lipinski definition) is 10. The number of carbonyl (C=O) groups excluding carboxylic acids is 5. The summed E-state index contributed by atoms with van der Waals surface area (Å²) in [6, 6.07) is 11.7. The van der Waals surface area contributed by atoms with Crippen molar-refractivity contribution in [3.8, 4) is 0 Å². The van der Waals surface area contributed by atoms with E-state index in [1.54, 1.807) is 17.0 Å². The number of alkyl carbamates (subject to hydrolysis) is 1. The van der Waals surface area contributed by atoms with Crippen LogP contribution in [0.4, 0.5) is 15.3 Å². The summed E-state index contributed by atoms with van der Waals surface area (Å²) in [5.41, 5.74) is 1.33. The molecule has 0 unspecified atom stereocenters. The SMILES string of the molecule is CN(C)c1ccc(S(=O)(=O)NC(=O)[C@@]23C[C@H]2/C=C\CCCCC[C@H](NC(=O)OC2CCCC2)C(=O)N2C[C@H](OC(=O)N4CCc5ccccc5C4)C[C@H]2C(=O)N3)cc1. The number of sulfonamides is 1. The van der Waals surface area contributed by atoms with Crippen molar-refractivity contribution in [2.75, 3.05) is 32.1 Å². The summed E-state index contributed by atoms with van der Waals surface area (Å²) < 4.78 is 40.8. The number of allylic oxidation sites excluding steroid dienone is 1. The molecule has 0 bridgehead atoms. The molecule has 5 amide bonds. The maximum absolute atomic E-state index is 14.5. The van der Waals surface area contributed by atoms with Gasteiger partial charge in [0.25, 0.3) is 15.9 Å². The second kappa shape index (κ2) is 17.4. The van der Waals surface area contributed by atoms with Gasteiger partial charge in [0.15, 0.2) is 0 Å². The highest BCUT2D eigenvalue weighted by Gasteiger charge is 2.61. The summed E-state index contributed by atoms with van der Waals surface area (Å²) in [7, 11) is -0.677. The molecule has 5 atom stereocenters. The summed E-state index contributed by atoms with van der Waals surface area (Å²) >= 11 is 0. The molecule has 58 heavy (non-hydrogen) atoms. The molecule has 3 aliphatic heterocycles. The van der Waals surface area contributed by atoms with Gasteiger partial charge in [-0.1, -0.05) is 49.3 Å². The molecule has 0 aromatic heterocycles. The van der Waals surface area contributed by atoms with Crippen LogP contribution >= 0.6 is 0 Å². The monoisotopic (exact) mass is 818 g/mol.